The van der Waals surface area contributed by atoms with Crippen molar-refractivity contribution in [3.8, 4) is 0 Å². The first kappa shape index (κ1) is 11.6. The van der Waals surface area contributed by atoms with E-state index >= 15 is 0 Å². The maximum atomic E-state index is 3.30. The lowest BCUT2D eigenvalue weighted by Crippen LogP contribution is -2.01. The van der Waals surface area contributed by atoms with Crippen LogP contribution in [-0.2, 0) is 6.42 Å². The zero-order chi connectivity index (χ0) is 10.2. The van der Waals surface area contributed by atoms with Crippen LogP contribution in [-0.4, -0.2) is 6.54 Å². The van der Waals surface area contributed by atoms with Gasteiger partial charge in [-0.25, -0.2) is 0 Å². The van der Waals surface area contributed by atoms with Gasteiger partial charge < -0.3 is 0 Å². The molecule has 0 heterocycles. The van der Waals surface area contributed by atoms with E-state index in [1.165, 1.54) is 29.7 Å². The van der Waals surface area contributed by atoms with Gasteiger partial charge in [-0.15, -0.1) is 0 Å². The van der Waals surface area contributed by atoms with Gasteiger partial charge in [-0.1, -0.05) is 38.5 Å². The van der Waals surface area contributed by atoms with E-state index in [1.54, 1.807) is 11.9 Å². The molecular formula is C12H19NS. The molecule has 0 aliphatic carbocycles. The van der Waals surface area contributed by atoms with Crippen LogP contribution in [0, 0.1) is 0 Å². The van der Waals surface area contributed by atoms with Crippen molar-refractivity contribution in [3.05, 3.63) is 29.8 Å². The molecule has 0 unspecified atom stereocenters. The van der Waals surface area contributed by atoms with Gasteiger partial charge in [-0.05, 0) is 36.4 Å². The molecule has 1 aromatic carbocycles. The molecule has 0 radical (unpaired) electrons. The Morgan fingerprint density at radius 3 is 2.71 bits per heavy atom. The number of rotatable bonds is 6. The van der Waals surface area contributed by atoms with Gasteiger partial charge in [0, 0.05) is 11.4 Å². The van der Waals surface area contributed by atoms with Crippen molar-refractivity contribution in [2.24, 2.45) is 0 Å². The molecule has 0 bridgehead atoms. The monoisotopic (exact) mass is 209 g/mol. The van der Waals surface area contributed by atoms with Crippen LogP contribution in [0.1, 0.15) is 32.3 Å². The smallest absolute Gasteiger partial charge is 0.0260 e. The van der Waals surface area contributed by atoms with Crippen molar-refractivity contribution in [3.63, 3.8) is 0 Å². The highest BCUT2D eigenvalue weighted by atomic mass is 32.2. The second-order valence-corrected chi connectivity index (χ2v) is 4.24. The first-order valence-electron chi connectivity index (χ1n) is 5.36. The molecule has 1 rings (SSSR count). The Morgan fingerprint density at radius 1 is 1.21 bits per heavy atom. The quantitative estimate of drug-likeness (QED) is 0.718. The summed E-state index contributed by atoms with van der Waals surface area (Å²) < 4.78 is 3.30. The van der Waals surface area contributed by atoms with E-state index in [4.69, 9.17) is 0 Å². The van der Waals surface area contributed by atoms with Crippen molar-refractivity contribution in [2.45, 2.75) is 38.0 Å². The minimum absolute atomic E-state index is 1.01. The number of unbranched alkanes of at least 4 members (excludes halogenated alkanes) is 1. The molecule has 1 aromatic rings. The van der Waals surface area contributed by atoms with Crippen molar-refractivity contribution in [2.75, 3.05) is 6.54 Å². The molecule has 0 amide bonds. The third-order valence-electron chi connectivity index (χ3n) is 2.10. The molecule has 0 saturated heterocycles. The molecule has 0 saturated carbocycles. The van der Waals surface area contributed by atoms with Crippen molar-refractivity contribution < 1.29 is 0 Å². The van der Waals surface area contributed by atoms with E-state index in [0.717, 1.165) is 6.54 Å². The van der Waals surface area contributed by atoms with Crippen LogP contribution in [0.5, 0.6) is 0 Å². The summed E-state index contributed by atoms with van der Waals surface area (Å²) in [4.78, 5) is 1.38. The van der Waals surface area contributed by atoms with Gasteiger partial charge in [0.05, 0.1) is 0 Å². The van der Waals surface area contributed by atoms with Gasteiger partial charge in [-0.2, -0.15) is 0 Å². The Bertz CT molecular complexity index is 233. The lowest BCUT2D eigenvalue weighted by Gasteiger charge is -2.07. The Kier molecular flexibility index (Phi) is 5.72. The molecule has 1 N–H and O–H groups in total. The van der Waals surface area contributed by atoms with Crippen LogP contribution in [0.4, 0.5) is 0 Å². The minimum Gasteiger partial charge on any atom is -0.260 e. The second kappa shape index (κ2) is 6.91. The molecule has 0 aliphatic heterocycles. The minimum atomic E-state index is 1.01. The maximum Gasteiger partial charge on any atom is 0.0260 e. The first-order valence-corrected chi connectivity index (χ1v) is 6.17. The van der Waals surface area contributed by atoms with Crippen LogP contribution in [0.25, 0.3) is 0 Å². The van der Waals surface area contributed by atoms with Crippen molar-refractivity contribution in [1.82, 2.24) is 4.72 Å². The van der Waals surface area contributed by atoms with Crippen molar-refractivity contribution in [1.29, 1.82) is 0 Å². The summed E-state index contributed by atoms with van der Waals surface area (Å²) in [5, 5.41) is 0. The van der Waals surface area contributed by atoms with E-state index in [-0.39, 0.29) is 0 Å². The first-order chi connectivity index (χ1) is 6.88. The molecule has 0 spiro atoms. The Hall–Kier alpha value is -0.470. The number of nitrogens with one attached hydrogen (secondary N) is 1. The van der Waals surface area contributed by atoms with Gasteiger partial charge in [0.15, 0.2) is 0 Å². The molecule has 14 heavy (non-hydrogen) atoms. The summed E-state index contributed by atoms with van der Waals surface area (Å²) in [5.41, 5.74) is 1.47. The average Bonchev–Trinajstić information content (AvgIpc) is 2.24. The number of hydrogen-bond donors (Lipinski definition) is 1. The largest absolute Gasteiger partial charge is 0.260 e. The lowest BCUT2D eigenvalue weighted by atomic mass is 10.1. The molecule has 0 aromatic heterocycles. The summed E-state index contributed by atoms with van der Waals surface area (Å²) in [5.74, 6) is 0. The molecule has 2 heteroatoms. The standard InChI is InChI=1S/C12H19NS/c1-3-5-8-11-9-6-7-10-12(11)14-13-4-2/h6-7,9-10,13H,3-5,8H2,1-2H3. The summed E-state index contributed by atoms with van der Waals surface area (Å²) in [7, 11) is 0. The van der Waals surface area contributed by atoms with Gasteiger partial charge in [-0.3, -0.25) is 4.72 Å². The maximum absolute atomic E-state index is 3.30. The van der Waals surface area contributed by atoms with E-state index in [9.17, 15) is 0 Å². The average molecular weight is 209 g/mol. The lowest BCUT2D eigenvalue weighted by molar-refractivity contribution is 0.785. The Labute approximate surface area is 91.4 Å². The normalized spacial score (nSPS) is 10.4. The molecule has 0 fully saturated rings. The van der Waals surface area contributed by atoms with Crippen molar-refractivity contribution >= 4 is 11.9 Å². The highest BCUT2D eigenvalue weighted by molar-refractivity contribution is 7.97. The Balaban J connectivity index is 2.60. The molecule has 78 valence electrons. The van der Waals surface area contributed by atoms with Crippen LogP contribution in [0.2, 0.25) is 0 Å². The SMILES string of the molecule is CCCCc1ccccc1SNCC. The fraction of sp³-hybridized carbons (Fsp3) is 0.500. The fourth-order valence-corrected chi connectivity index (χ4v) is 2.07. The van der Waals surface area contributed by atoms with Crippen LogP contribution in [0.3, 0.4) is 0 Å². The summed E-state index contributed by atoms with van der Waals surface area (Å²) >= 11 is 1.75. The van der Waals surface area contributed by atoms with Gasteiger partial charge in [0.1, 0.15) is 0 Å². The zero-order valence-corrected chi connectivity index (χ0v) is 9.86. The Morgan fingerprint density at radius 2 is 2.00 bits per heavy atom. The van der Waals surface area contributed by atoms with Gasteiger partial charge >= 0.3 is 0 Å². The highest BCUT2D eigenvalue weighted by Crippen LogP contribution is 2.21. The number of hydrogen-bond acceptors (Lipinski definition) is 2. The molecule has 1 nitrogen and oxygen atoms in total. The molecule has 0 aliphatic rings. The van der Waals surface area contributed by atoms with Gasteiger partial charge in [0.25, 0.3) is 0 Å². The second-order valence-electron chi connectivity index (χ2n) is 3.31. The van der Waals surface area contributed by atoms with E-state index < -0.39 is 0 Å². The summed E-state index contributed by atoms with van der Waals surface area (Å²) in [6, 6.07) is 8.66. The van der Waals surface area contributed by atoms with E-state index in [2.05, 4.69) is 42.8 Å². The predicted octanol–water partition coefficient (Wildman–Crippen LogP) is 3.65. The van der Waals surface area contributed by atoms with E-state index in [1.807, 2.05) is 0 Å². The van der Waals surface area contributed by atoms with Crippen LogP contribution >= 0.6 is 11.9 Å². The highest BCUT2D eigenvalue weighted by Gasteiger charge is 2.00. The third-order valence-corrected chi connectivity index (χ3v) is 3.15. The predicted molar refractivity (Wildman–Crippen MR) is 64.6 cm³/mol. The van der Waals surface area contributed by atoms with E-state index in [0.29, 0.717) is 0 Å². The summed E-state index contributed by atoms with van der Waals surface area (Å²) in [6.07, 6.45) is 3.75. The topological polar surface area (TPSA) is 12.0 Å². The van der Waals surface area contributed by atoms with Crippen LogP contribution < -0.4 is 4.72 Å². The number of aryl methyl sites for hydroxylation is 1. The zero-order valence-electron chi connectivity index (χ0n) is 9.05. The number of benzene rings is 1. The van der Waals surface area contributed by atoms with Crippen LogP contribution in [0.15, 0.2) is 29.2 Å². The fourth-order valence-electron chi connectivity index (χ4n) is 1.33. The van der Waals surface area contributed by atoms with Gasteiger partial charge in [0.2, 0.25) is 0 Å². The third kappa shape index (κ3) is 3.72. The molecule has 0 atom stereocenters. The summed E-state index contributed by atoms with van der Waals surface area (Å²) in [6.45, 7) is 5.37. The molecular weight excluding hydrogens is 190 g/mol.